The molecule has 0 saturated heterocycles. The zero-order valence-corrected chi connectivity index (χ0v) is 18.1. The number of hydrogen-bond acceptors (Lipinski definition) is 5. The van der Waals surface area contributed by atoms with Crippen molar-refractivity contribution in [1.29, 1.82) is 0 Å². The standard InChI is InChI=1S/C24H27N3O5/c1-3-19(17-11-7-5-8-12-17)23(18-13-9-6-10-14-18)27-21(15-20(28)26-27)32-22(29)16-25-24(30)31-4-2/h5-15,19,23H,3-4,16H2,1-2H3,(H,25,30)(H,26,28). The molecule has 1 aromatic heterocycles. The van der Waals surface area contributed by atoms with Gasteiger partial charge in [-0.1, -0.05) is 67.6 Å². The maximum Gasteiger partial charge on any atom is 0.407 e. The number of H-pyrrole nitrogens is 1. The monoisotopic (exact) mass is 437 g/mol. The molecule has 0 bridgehead atoms. The number of hydrogen-bond donors (Lipinski definition) is 2. The van der Waals surface area contributed by atoms with Gasteiger partial charge in [-0.05, 0) is 24.5 Å². The normalized spacial score (nSPS) is 12.6. The van der Waals surface area contributed by atoms with Crippen molar-refractivity contribution in [3.05, 3.63) is 88.2 Å². The molecule has 8 nitrogen and oxygen atoms in total. The maximum atomic E-state index is 12.3. The lowest BCUT2D eigenvalue weighted by molar-refractivity contribution is -0.133. The molecule has 1 amide bonds. The van der Waals surface area contributed by atoms with Crippen LogP contribution in [-0.4, -0.2) is 35.0 Å². The highest BCUT2D eigenvalue weighted by atomic mass is 16.6. The van der Waals surface area contributed by atoms with E-state index in [1.54, 1.807) is 11.6 Å². The summed E-state index contributed by atoms with van der Waals surface area (Å²) in [6.07, 6.45) is 0.0647. The predicted molar refractivity (Wildman–Crippen MR) is 120 cm³/mol. The topological polar surface area (TPSA) is 102 Å². The lowest BCUT2D eigenvalue weighted by atomic mass is 9.85. The highest BCUT2D eigenvalue weighted by molar-refractivity contribution is 5.79. The first-order valence-electron chi connectivity index (χ1n) is 10.6. The molecule has 0 spiro atoms. The number of aromatic amines is 1. The fourth-order valence-corrected chi connectivity index (χ4v) is 3.71. The van der Waals surface area contributed by atoms with Crippen molar-refractivity contribution < 1.29 is 19.1 Å². The van der Waals surface area contributed by atoms with Crippen molar-refractivity contribution in [1.82, 2.24) is 15.1 Å². The molecular formula is C24H27N3O5. The van der Waals surface area contributed by atoms with Crippen molar-refractivity contribution in [2.24, 2.45) is 0 Å². The maximum absolute atomic E-state index is 12.3. The van der Waals surface area contributed by atoms with E-state index in [4.69, 9.17) is 9.47 Å². The average Bonchev–Trinajstić information content (AvgIpc) is 3.16. The minimum Gasteiger partial charge on any atom is -0.450 e. The van der Waals surface area contributed by atoms with Gasteiger partial charge in [0.25, 0.3) is 5.56 Å². The van der Waals surface area contributed by atoms with E-state index in [0.717, 1.165) is 17.5 Å². The first-order valence-corrected chi connectivity index (χ1v) is 10.6. The number of ether oxygens (including phenoxy) is 2. The van der Waals surface area contributed by atoms with Crippen LogP contribution in [0.2, 0.25) is 0 Å². The Kier molecular flexibility index (Phi) is 7.85. The minimum absolute atomic E-state index is 0.00300. The van der Waals surface area contributed by atoms with Gasteiger partial charge in [0, 0.05) is 5.92 Å². The van der Waals surface area contributed by atoms with Crippen molar-refractivity contribution in [2.45, 2.75) is 32.2 Å². The van der Waals surface area contributed by atoms with E-state index in [2.05, 4.69) is 17.3 Å². The van der Waals surface area contributed by atoms with E-state index in [0.29, 0.717) is 0 Å². The van der Waals surface area contributed by atoms with Crippen molar-refractivity contribution in [2.75, 3.05) is 13.2 Å². The van der Waals surface area contributed by atoms with Gasteiger partial charge in [0.1, 0.15) is 6.54 Å². The molecule has 0 radical (unpaired) electrons. The van der Waals surface area contributed by atoms with Gasteiger partial charge in [0.15, 0.2) is 0 Å². The van der Waals surface area contributed by atoms with Crippen LogP contribution in [0, 0.1) is 0 Å². The summed E-state index contributed by atoms with van der Waals surface area (Å²) in [6, 6.07) is 20.6. The molecule has 3 rings (SSSR count). The van der Waals surface area contributed by atoms with Crippen LogP contribution in [0.5, 0.6) is 5.88 Å². The number of alkyl carbamates (subject to hydrolysis) is 1. The summed E-state index contributed by atoms with van der Waals surface area (Å²) < 4.78 is 11.8. The molecule has 0 aliphatic rings. The molecule has 0 fully saturated rings. The molecule has 3 aromatic rings. The molecule has 2 N–H and O–H groups in total. The summed E-state index contributed by atoms with van der Waals surface area (Å²) in [5.41, 5.74) is 1.66. The van der Waals surface area contributed by atoms with Crippen molar-refractivity contribution >= 4 is 12.1 Å². The first kappa shape index (κ1) is 22.9. The molecule has 2 atom stereocenters. The van der Waals surface area contributed by atoms with E-state index >= 15 is 0 Å². The fraction of sp³-hybridized carbons (Fsp3) is 0.292. The van der Waals surface area contributed by atoms with Crippen LogP contribution in [0.3, 0.4) is 0 Å². The van der Waals surface area contributed by atoms with Gasteiger partial charge in [-0.25, -0.2) is 14.3 Å². The Morgan fingerprint density at radius 3 is 2.22 bits per heavy atom. The van der Waals surface area contributed by atoms with E-state index < -0.39 is 17.6 Å². The number of aromatic nitrogens is 2. The molecule has 2 unspecified atom stereocenters. The second-order valence-corrected chi connectivity index (χ2v) is 7.16. The Labute approximate surface area is 186 Å². The summed E-state index contributed by atoms with van der Waals surface area (Å²) in [6.45, 7) is 3.54. The lowest BCUT2D eigenvalue weighted by Crippen LogP contribution is -2.33. The van der Waals surface area contributed by atoms with E-state index in [1.165, 1.54) is 6.07 Å². The smallest absolute Gasteiger partial charge is 0.407 e. The summed E-state index contributed by atoms with van der Waals surface area (Å²) in [5, 5.41) is 5.11. The van der Waals surface area contributed by atoms with Crippen LogP contribution in [-0.2, 0) is 9.53 Å². The highest BCUT2D eigenvalue weighted by Crippen LogP contribution is 2.38. The number of nitrogens with one attached hydrogen (secondary N) is 2. The van der Waals surface area contributed by atoms with Gasteiger partial charge < -0.3 is 14.8 Å². The first-order chi connectivity index (χ1) is 15.5. The average molecular weight is 437 g/mol. The zero-order valence-electron chi connectivity index (χ0n) is 18.1. The third-order valence-electron chi connectivity index (χ3n) is 5.06. The SMILES string of the molecule is CCOC(=O)NCC(=O)Oc1cc(=O)[nH]n1C(c1ccccc1)C(CC)c1ccccc1. The lowest BCUT2D eigenvalue weighted by Gasteiger charge is -2.29. The summed E-state index contributed by atoms with van der Waals surface area (Å²) in [4.78, 5) is 36.0. The molecule has 168 valence electrons. The summed E-state index contributed by atoms with van der Waals surface area (Å²) in [5.74, 6) is -0.643. The third kappa shape index (κ3) is 5.66. The second-order valence-electron chi connectivity index (χ2n) is 7.16. The van der Waals surface area contributed by atoms with Crippen LogP contribution >= 0.6 is 0 Å². The van der Waals surface area contributed by atoms with E-state index in [9.17, 15) is 14.4 Å². The molecule has 1 heterocycles. The number of nitrogens with zero attached hydrogens (tertiary/aromatic N) is 1. The number of rotatable bonds is 9. The van der Waals surface area contributed by atoms with Crippen LogP contribution in [0.1, 0.15) is 43.4 Å². The number of benzene rings is 2. The predicted octanol–water partition coefficient (Wildman–Crippen LogP) is 3.61. The molecule has 32 heavy (non-hydrogen) atoms. The number of esters is 1. The Bertz CT molecular complexity index is 1080. The van der Waals surface area contributed by atoms with Crippen LogP contribution in [0.15, 0.2) is 71.5 Å². The van der Waals surface area contributed by atoms with Gasteiger partial charge >= 0.3 is 12.1 Å². The Morgan fingerprint density at radius 2 is 1.62 bits per heavy atom. The van der Waals surface area contributed by atoms with Crippen molar-refractivity contribution in [3.8, 4) is 5.88 Å². The molecule has 2 aromatic carbocycles. The van der Waals surface area contributed by atoms with Crippen LogP contribution < -0.4 is 15.6 Å². The fourth-order valence-electron chi connectivity index (χ4n) is 3.71. The van der Waals surface area contributed by atoms with Gasteiger partial charge in [-0.2, -0.15) is 0 Å². The third-order valence-corrected chi connectivity index (χ3v) is 5.06. The molecule has 0 aliphatic heterocycles. The number of carbonyl (C=O) groups is 2. The minimum atomic E-state index is -0.717. The van der Waals surface area contributed by atoms with E-state index in [1.807, 2.05) is 60.7 Å². The van der Waals surface area contributed by atoms with Crippen LogP contribution in [0.4, 0.5) is 4.79 Å². The van der Waals surface area contributed by atoms with Crippen molar-refractivity contribution in [3.63, 3.8) is 0 Å². The second kappa shape index (κ2) is 11.0. The molecule has 0 aliphatic carbocycles. The van der Waals surface area contributed by atoms with Gasteiger partial charge in [0.05, 0.1) is 18.7 Å². The van der Waals surface area contributed by atoms with Gasteiger partial charge in [-0.3, -0.25) is 9.89 Å². The largest absolute Gasteiger partial charge is 0.450 e. The van der Waals surface area contributed by atoms with Crippen LogP contribution in [0.25, 0.3) is 0 Å². The summed E-state index contributed by atoms with van der Waals surface area (Å²) in [7, 11) is 0. The van der Waals surface area contributed by atoms with Gasteiger partial charge in [0.2, 0.25) is 5.88 Å². The zero-order chi connectivity index (χ0) is 22.9. The molecule has 8 heteroatoms. The number of amides is 1. The Balaban J connectivity index is 1.95. The van der Waals surface area contributed by atoms with E-state index in [-0.39, 0.29) is 31.0 Å². The Hall–Kier alpha value is -3.81. The Morgan fingerprint density at radius 1 is 1.00 bits per heavy atom. The summed E-state index contributed by atoms with van der Waals surface area (Å²) >= 11 is 0. The number of carbonyl (C=O) groups excluding carboxylic acids is 2. The highest BCUT2D eigenvalue weighted by Gasteiger charge is 2.28. The molecule has 0 saturated carbocycles. The molecular weight excluding hydrogens is 410 g/mol. The quantitative estimate of drug-likeness (QED) is 0.498. The van der Waals surface area contributed by atoms with Gasteiger partial charge in [-0.15, -0.1) is 0 Å².